The number of rotatable bonds is 2. The Kier molecular flexibility index (Phi) is 3.35. The molecule has 80 valence electrons. The fourth-order valence-electron chi connectivity index (χ4n) is 1.45. The van der Waals surface area contributed by atoms with Crippen LogP contribution < -0.4 is 0 Å². The zero-order chi connectivity index (χ0) is 12.1. The van der Waals surface area contributed by atoms with E-state index in [0.29, 0.717) is 11.1 Å². The molecular weight excluding hydrogens is 228 g/mol. The molecule has 2 rings (SSSR count). The molecule has 3 heteroatoms. The fraction of sp³-hybridized carbons (Fsp3) is 0. The largest absolute Gasteiger partial charge is 0.192 e. The monoisotopic (exact) mass is 236 g/mol. The lowest BCUT2D eigenvalue weighted by Crippen LogP contribution is -1.83. The van der Waals surface area contributed by atoms with Gasteiger partial charge >= 0.3 is 0 Å². The van der Waals surface area contributed by atoms with Crippen LogP contribution in [-0.4, -0.2) is 0 Å². The van der Waals surface area contributed by atoms with Crippen molar-refractivity contribution in [3.05, 3.63) is 57.8 Å². The molecule has 0 N–H and O–H groups in total. The van der Waals surface area contributed by atoms with Gasteiger partial charge in [0.25, 0.3) is 0 Å². The van der Waals surface area contributed by atoms with Crippen molar-refractivity contribution in [2.45, 2.75) is 0 Å². The first-order chi connectivity index (χ1) is 8.33. The van der Waals surface area contributed by atoms with Crippen molar-refractivity contribution in [3.63, 3.8) is 0 Å². The van der Waals surface area contributed by atoms with Crippen molar-refractivity contribution in [2.75, 3.05) is 0 Å². The lowest BCUT2D eigenvalue weighted by Gasteiger charge is -1.98. The molecule has 0 bridgehead atoms. The number of benzene rings is 1. The zero-order valence-corrected chi connectivity index (χ0v) is 9.74. The minimum atomic E-state index is 0.565. The Morgan fingerprint density at radius 2 is 2.06 bits per heavy atom. The van der Waals surface area contributed by atoms with E-state index in [4.69, 9.17) is 10.5 Å². The SMILES string of the molecule is N#CC(=Cc1cccs1)c1cccc(C#N)c1. The van der Waals surface area contributed by atoms with E-state index < -0.39 is 0 Å². The number of nitriles is 2. The van der Waals surface area contributed by atoms with E-state index in [9.17, 15) is 0 Å². The molecule has 2 nitrogen and oxygen atoms in total. The Morgan fingerprint density at radius 1 is 1.18 bits per heavy atom. The van der Waals surface area contributed by atoms with Crippen molar-refractivity contribution in [1.29, 1.82) is 10.5 Å². The second kappa shape index (κ2) is 5.12. The van der Waals surface area contributed by atoms with Crippen LogP contribution in [0.3, 0.4) is 0 Å². The van der Waals surface area contributed by atoms with E-state index in [1.807, 2.05) is 29.7 Å². The summed E-state index contributed by atoms with van der Waals surface area (Å²) in [7, 11) is 0. The van der Waals surface area contributed by atoms with Crippen LogP contribution in [0.5, 0.6) is 0 Å². The van der Waals surface area contributed by atoms with Crippen molar-refractivity contribution < 1.29 is 0 Å². The van der Waals surface area contributed by atoms with E-state index in [1.54, 1.807) is 29.5 Å². The van der Waals surface area contributed by atoms with Crippen LogP contribution in [0.4, 0.5) is 0 Å². The van der Waals surface area contributed by atoms with Gasteiger partial charge in [0.05, 0.1) is 23.3 Å². The maximum atomic E-state index is 9.15. The lowest BCUT2D eigenvalue weighted by atomic mass is 10.0. The van der Waals surface area contributed by atoms with Crippen molar-refractivity contribution in [1.82, 2.24) is 0 Å². The molecule has 0 radical (unpaired) electrons. The number of thiophene rings is 1. The summed E-state index contributed by atoms with van der Waals surface area (Å²) in [6, 6.07) is 15.2. The van der Waals surface area contributed by atoms with Crippen LogP contribution in [0.15, 0.2) is 41.8 Å². The molecule has 0 atom stereocenters. The number of nitrogens with zero attached hydrogens (tertiary/aromatic N) is 2. The molecule has 1 aromatic heterocycles. The third-order valence-corrected chi connectivity index (χ3v) is 3.07. The van der Waals surface area contributed by atoms with Gasteiger partial charge < -0.3 is 0 Å². The van der Waals surface area contributed by atoms with E-state index in [-0.39, 0.29) is 0 Å². The highest BCUT2D eigenvalue weighted by atomic mass is 32.1. The Morgan fingerprint density at radius 3 is 2.71 bits per heavy atom. The van der Waals surface area contributed by atoms with E-state index in [2.05, 4.69) is 12.1 Å². The Labute approximate surface area is 104 Å². The van der Waals surface area contributed by atoms with E-state index >= 15 is 0 Å². The van der Waals surface area contributed by atoms with Gasteiger partial charge in [0.15, 0.2) is 0 Å². The highest BCUT2D eigenvalue weighted by Crippen LogP contribution is 2.20. The summed E-state index contributed by atoms with van der Waals surface area (Å²) in [5.41, 5.74) is 1.92. The van der Waals surface area contributed by atoms with Gasteiger partial charge in [0.2, 0.25) is 0 Å². The van der Waals surface area contributed by atoms with Gasteiger partial charge in [0.1, 0.15) is 0 Å². The molecule has 0 spiro atoms. The topological polar surface area (TPSA) is 47.6 Å². The maximum Gasteiger partial charge on any atom is 0.0998 e. The molecule has 0 aliphatic carbocycles. The third kappa shape index (κ3) is 2.60. The summed E-state index contributed by atoms with van der Waals surface area (Å²) in [5, 5.41) is 19.9. The normalized spacial score (nSPS) is 10.6. The molecular formula is C14H8N2S. The van der Waals surface area contributed by atoms with Crippen LogP contribution in [0.1, 0.15) is 16.0 Å². The first-order valence-electron chi connectivity index (χ1n) is 4.99. The first kappa shape index (κ1) is 11.1. The van der Waals surface area contributed by atoms with Gasteiger partial charge in [0, 0.05) is 4.88 Å². The highest BCUT2D eigenvalue weighted by molar-refractivity contribution is 7.10. The summed E-state index contributed by atoms with van der Waals surface area (Å²) in [4.78, 5) is 1.03. The van der Waals surface area contributed by atoms with Crippen molar-refractivity contribution in [3.8, 4) is 12.1 Å². The Bertz CT molecular complexity index is 625. The zero-order valence-electron chi connectivity index (χ0n) is 8.92. The predicted octanol–water partition coefficient (Wildman–Crippen LogP) is 3.68. The Hall–Kier alpha value is -2.36. The van der Waals surface area contributed by atoms with Crippen molar-refractivity contribution in [2.24, 2.45) is 0 Å². The van der Waals surface area contributed by atoms with Crippen molar-refractivity contribution >= 4 is 23.0 Å². The molecule has 0 amide bonds. The molecule has 17 heavy (non-hydrogen) atoms. The smallest absolute Gasteiger partial charge is 0.0998 e. The number of allylic oxidation sites excluding steroid dienone is 1. The van der Waals surface area contributed by atoms with Gasteiger partial charge in [-0.2, -0.15) is 10.5 Å². The van der Waals surface area contributed by atoms with Gasteiger partial charge in [-0.1, -0.05) is 18.2 Å². The number of hydrogen-bond acceptors (Lipinski definition) is 3. The summed E-state index contributed by atoms with van der Waals surface area (Å²) < 4.78 is 0. The third-order valence-electron chi connectivity index (χ3n) is 2.25. The quantitative estimate of drug-likeness (QED) is 0.747. The van der Waals surface area contributed by atoms with Gasteiger partial charge in [-0.25, -0.2) is 0 Å². The van der Waals surface area contributed by atoms with E-state index in [1.165, 1.54) is 0 Å². The molecule has 0 saturated carbocycles. The summed E-state index contributed by atoms with van der Waals surface area (Å²) in [6.07, 6.45) is 1.83. The lowest BCUT2D eigenvalue weighted by molar-refractivity contribution is 1.47. The van der Waals surface area contributed by atoms with Gasteiger partial charge in [-0.15, -0.1) is 11.3 Å². The Balaban J connectivity index is 2.44. The minimum Gasteiger partial charge on any atom is -0.192 e. The molecule has 1 aromatic carbocycles. The standard InChI is InChI=1S/C14H8N2S/c15-9-11-3-1-4-12(7-11)13(10-16)8-14-5-2-6-17-14/h1-8H. The summed E-state index contributed by atoms with van der Waals surface area (Å²) >= 11 is 1.58. The van der Waals surface area contributed by atoms with Crippen LogP contribution >= 0.6 is 11.3 Å². The van der Waals surface area contributed by atoms with Crippen LogP contribution in [0.25, 0.3) is 11.6 Å². The maximum absolute atomic E-state index is 9.15. The fourth-order valence-corrected chi connectivity index (χ4v) is 2.11. The highest BCUT2D eigenvalue weighted by Gasteiger charge is 2.02. The molecule has 0 fully saturated rings. The minimum absolute atomic E-state index is 0.565. The second-order valence-electron chi connectivity index (χ2n) is 3.38. The summed E-state index contributed by atoms with van der Waals surface area (Å²) in [5.74, 6) is 0. The molecule has 0 aliphatic rings. The molecule has 1 heterocycles. The second-order valence-corrected chi connectivity index (χ2v) is 4.36. The first-order valence-corrected chi connectivity index (χ1v) is 5.87. The van der Waals surface area contributed by atoms with Crippen LogP contribution in [0, 0.1) is 22.7 Å². The van der Waals surface area contributed by atoms with Gasteiger partial charge in [-0.05, 0) is 35.2 Å². The molecule has 0 aliphatic heterocycles. The number of hydrogen-bond donors (Lipinski definition) is 0. The molecule has 0 unspecified atom stereocenters. The van der Waals surface area contributed by atoms with Gasteiger partial charge in [-0.3, -0.25) is 0 Å². The van der Waals surface area contributed by atoms with Crippen LogP contribution in [0.2, 0.25) is 0 Å². The van der Waals surface area contributed by atoms with E-state index in [0.717, 1.165) is 10.4 Å². The molecule has 0 saturated heterocycles. The predicted molar refractivity (Wildman–Crippen MR) is 69.0 cm³/mol. The molecule has 2 aromatic rings. The average Bonchev–Trinajstić information content (AvgIpc) is 2.89. The average molecular weight is 236 g/mol. The van der Waals surface area contributed by atoms with Crippen LogP contribution in [-0.2, 0) is 0 Å². The summed E-state index contributed by atoms with van der Waals surface area (Å²) in [6.45, 7) is 0.